The number of rotatable bonds is 57. The van der Waals surface area contributed by atoms with Gasteiger partial charge in [-0.3, -0.25) is 14.4 Å². The van der Waals surface area contributed by atoms with Gasteiger partial charge in [0.25, 0.3) is 0 Å². The summed E-state index contributed by atoms with van der Waals surface area (Å²) in [5.74, 6) is -0.994. The van der Waals surface area contributed by atoms with Gasteiger partial charge in [0.05, 0.1) is 0 Å². The van der Waals surface area contributed by atoms with Crippen molar-refractivity contribution in [3.8, 4) is 0 Å². The summed E-state index contributed by atoms with van der Waals surface area (Å²) < 4.78 is 16.8. The van der Waals surface area contributed by atoms with Crippen molar-refractivity contribution in [1.82, 2.24) is 0 Å². The molecule has 0 aromatic carbocycles. The van der Waals surface area contributed by atoms with Gasteiger partial charge in [-0.25, -0.2) is 0 Å². The lowest BCUT2D eigenvalue weighted by Gasteiger charge is -2.18. The van der Waals surface area contributed by atoms with Gasteiger partial charge in [-0.2, -0.15) is 0 Å². The zero-order valence-corrected chi connectivity index (χ0v) is 49.3. The molecular formula is C69H118O6. The van der Waals surface area contributed by atoms with Gasteiger partial charge in [-0.1, -0.05) is 298 Å². The topological polar surface area (TPSA) is 78.9 Å². The number of carbonyl (C=O) groups excluding carboxylic acids is 3. The van der Waals surface area contributed by atoms with Gasteiger partial charge in [0, 0.05) is 19.3 Å². The highest BCUT2D eigenvalue weighted by molar-refractivity contribution is 5.71. The number of ether oxygens (including phenoxy) is 3. The van der Waals surface area contributed by atoms with Crippen molar-refractivity contribution in [2.75, 3.05) is 13.2 Å². The van der Waals surface area contributed by atoms with Crippen LogP contribution < -0.4 is 0 Å². The van der Waals surface area contributed by atoms with E-state index >= 15 is 0 Å². The Morgan fingerprint density at radius 3 is 0.893 bits per heavy atom. The molecular weight excluding hydrogens is 925 g/mol. The molecule has 0 radical (unpaired) electrons. The van der Waals surface area contributed by atoms with Crippen LogP contribution in [0, 0.1) is 0 Å². The maximum Gasteiger partial charge on any atom is 0.306 e. The standard InChI is InChI=1S/C69H118O6/c1-4-7-10-13-16-19-22-25-27-29-31-32-33-34-35-36-38-39-41-44-47-50-53-56-59-62-68(71)74-65-66(64-73-67(70)61-58-55-52-49-46-43-24-21-18-15-12-9-6-3)75-69(72)63-60-57-54-51-48-45-42-40-37-30-28-26-23-20-17-14-11-8-5-2/h8-9,11-12,17-18,20-21,26,28,37,40,43,46,52,55,66H,4-7,10,13-16,19,22-25,27,29-36,38-39,41-42,44-45,47-51,53-54,56-65H2,1-3H3/b11-8-,12-9-,20-17-,21-18-,28-26-,40-37-,46-43-,55-52-. The molecule has 0 aliphatic rings. The van der Waals surface area contributed by atoms with Crippen LogP contribution in [0.5, 0.6) is 0 Å². The maximum absolute atomic E-state index is 12.9. The Balaban J connectivity index is 4.33. The molecule has 1 atom stereocenters. The Bertz CT molecular complexity index is 1480. The molecule has 0 N–H and O–H groups in total. The normalized spacial score (nSPS) is 12.7. The number of hydrogen-bond donors (Lipinski definition) is 0. The first-order chi connectivity index (χ1) is 37.0. The van der Waals surface area contributed by atoms with E-state index in [1.807, 2.05) is 6.08 Å². The highest BCUT2D eigenvalue weighted by Gasteiger charge is 2.19. The fourth-order valence-corrected chi connectivity index (χ4v) is 8.92. The van der Waals surface area contributed by atoms with Crippen LogP contribution in [0.4, 0.5) is 0 Å². The first kappa shape index (κ1) is 71.3. The number of allylic oxidation sites excluding steroid dienone is 16. The largest absolute Gasteiger partial charge is 0.462 e. The Kier molecular flexibility index (Phi) is 59.8. The van der Waals surface area contributed by atoms with Gasteiger partial charge < -0.3 is 14.2 Å². The molecule has 0 fully saturated rings. The summed E-state index contributed by atoms with van der Waals surface area (Å²) in [6.07, 6.45) is 84.4. The van der Waals surface area contributed by atoms with E-state index < -0.39 is 6.10 Å². The molecule has 1 unspecified atom stereocenters. The molecule has 0 saturated heterocycles. The summed E-state index contributed by atoms with van der Waals surface area (Å²) in [4.78, 5) is 38.2. The van der Waals surface area contributed by atoms with Crippen LogP contribution in [-0.4, -0.2) is 37.2 Å². The average molecular weight is 1040 g/mol. The predicted molar refractivity (Wildman–Crippen MR) is 325 cm³/mol. The maximum atomic E-state index is 12.9. The van der Waals surface area contributed by atoms with Crippen molar-refractivity contribution in [2.24, 2.45) is 0 Å². The third kappa shape index (κ3) is 61.1. The molecule has 0 aliphatic heterocycles. The molecule has 0 aliphatic carbocycles. The Morgan fingerprint density at radius 2 is 0.547 bits per heavy atom. The smallest absolute Gasteiger partial charge is 0.306 e. The monoisotopic (exact) mass is 1040 g/mol. The lowest BCUT2D eigenvalue weighted by molar-refractivity contribution is -0.166. The van der Waals surface area contributed by atoms with Crippen molar-refractivity contribution in [3.63, 3.8) is 0 Å². The van der Waals surface area contributed by atoms with Gasteiger partial charge in [0.1, 0.15) is 13.2 Å². The lowest BCUT2D eigenvalue weighted by Crippen LogP contribution is -2.30. The van der Waals surface area contributed by atoms with Crippen LogP contribution in [0.1, 0.15) is 303 Å². The summed E-state index contributed by atoms with van der Waals surface area (Å²) in [6.45, 7) is 6.37. The van der Waals surface area contributed by atoms with Crippen molar-refractivity contribution in [1.29, 1.82) is 0 Å². The number of esters is 3. The zero-order chi connectivity index (χ0) is 54.3. The van der Waals surface area contributed by atoms with Crippen LogP contribution in [-0.2, 0) is 28.6 Å². The Morgan fingerprint density at radius 1 is 0.280 bits per heavy atom. The second kappa shape index (κ2) is 62.9. The molecule has 0 saturated carbocycles. The van der Waals surface area contributed by atoms with Crippen LogP contribution in [0.15, 0.2) is 97.2 Å². The van der Waals surface area contributed by atoms with Crippen LogP contribution in [0.3, 0.4) is 0 Å². The highest BCUT2D eigenvalue weighted by atomic mass is 16.6. The Labute approximate surface area is 464 Å². The Hall–Kier alpha value is -3.67. The molecule has 6 heteroatoms. The van der Waals surface area contributed by atoms with Crippen LogP contribution >= 0.6 is 0 Å². The van der Waals surface area contributed by atoms with E-state index in [2.05, 4.69) is 112 Å². The van der Waals surface area contributed by atoms with E-state index in [1.54, 1.807) is 0 Å². The number of carbonyl (C=O) groups is 3. The summed E-state index contributed by atoms with van der Waals surface area (Å²) in [6, 6.07) is 0. The lowest BCUT2D eigenvalue weighted by atomic mass is 10.0. The molecule has 430 valence electrons. The SMILES string of the molecule is CC/C=C\C/C=C\C/C=C\C/C=C\CCCCCCCCC(=O)OC(COC(=O)CC/C=C\C/C=C\C/C=C\C/C=C\CC)COC(=O)CCCCCCCCCCCCCCCCCCCCCCCCCCC. The first-order valence-corrected chi connectivity index (χ1v) is 31.7. The summed E-state index contributed by atoms with van der Waals surface area (Å²) in [7, 11) is 0. The third-order valence-corrected chi connectivity index (χ3v) is 13.6. The summed E-state index contributed by atoms with van der Waals surface area (Å²) >= 11 is 0. The summed E-state index contributed by atoms with van der Waals surface area (Å²) in [5.41, 5.74) is 0. The molecule has 0 aromatic heterocycles. The van der Waals surface area contributed by atoms with E-state index in [0.717, 1.165) is 103 Å². The van der Waals surface area contributed by atoms with Gasteiger partial charge in [-0.05, 0) is 83.5 Å². The summed E-state index contributed by atoms with van der Waals surface area (Å²) in [5, 5.41) is 0. The second-order valence-corrected chi connectivity index (χ2v) is 20.9. The first-order valence-electron chi connectivity index (χ1n) is 31.7. The number of unbranched alkanes of at least 4 members (excludes halogenated alkanes) is 30. The molecule has 0 aromatic rings. The quantitative estimate of drug-likeness (QED) is 0.0261. The molecule has 0 spiro atoms. The van der Waals surface area contributed by atoms with Gasteiger partial charge >= 0.3 is 17.9 Å². The van der Waals surface area contributed by atoms with Gasteiger partial charge in [-0.15, -0.1) is 0 Å². The van der Waals surface area contributed by atoms with Crippen LogP contribution in [0.25, 0.3) is 0 Å². The fraction of sp³-hybridized carbons (Fsp3) is 0.725. The highest BCUT2D eigenvalue weighted by Crippen LogP contribution is 2.17. The minimum atomic E-state index is -0.815. The van der Waals surface area contributed by atoms with Crippen molar-refractivity contribution < 1.29 is 28.6 Å². The van der Waals surface area contributed by atoms with E-state index in [0.29, 0.717) is 19.3 Å². The zero-order valence-electron chi connectivity index (χ0n) is 49.3. The molecule has 0 heterocycles. The minimum Gasteiger partial charge on any atom is -0.462 e. The van der Waals surface area contributed by atoms with Gasteiger partial charge in [0.2, 0.25) is 0 Å². The third-order valence-electron chi connectivity index (χ3n) is 13.6. The molecule has 0 bridgehead atoms. The molecule has 75 heavy (non-hydrogen) atoms. The molecule has 6 nitrogen and oxygen atoms in total. The minimum absolute atomic E-state index is 0.104. The van der Waals surface area contributed by atoms with Crippen LogP contribution in [0.2, 0.25) is 0 Å². The van der Waals surface area contributed by atoms with E-state index in [1.165, 1.54) is 154 Å². The van der Waals surface area contributed by atoms with Crippen molar-refractivity contribution in [2.45, 2.75) is 309 Å². The molecule has 0 rings (SSSR count). The fourth-order valence-electron chi connectivity index (χ4n) is 8.92. The second-order valence-electron chi connectivity index (χ2n) is 20.9. The van der Waals surface area contributed by atoms with E-state index in [-0.39, 0.29) is 37.5 Å². The predicted octanol–water partition coefficient (Wildman–Crippen LogP) is 21.7. The molecule has 0 amide bonds. The van der Waals surface area contributed by atoms with Gasteiger partial charge in [0.15, 0.2) is 6.10 Å². The van der Waals surface area contributed by atoms with E-state index in [9.17, 15) is 14.4 Å². The number of hydrogen-bond acceptors (Lipinski definition) is 6. The van der Waals surface area contributed by atoms with Crippen molar-refractivity contribution >= 4 is 17.9 Å². The average Bonchev–Trinajstić information content (AvgIpc) is 3.41. The van der Waals surface area contributed by atoms with E-state index in [4.69, 9.17) is 14.2 Å². The van der Waals surface area contributed by atoms with Crippen molar-refractivity contribution in [3.05, 3.63) is 97.2 Å².